The largest absolute Gasteiger partial charge is 0.394 e. The summed E-state index contributed by atoms with van der Waals surface area (Å²) < 4.78 is 26.5. The summed E-state index contributed by atoms with van der Waals surface area (Å²) in [4.78, 5) is 16.0. The van der Waals surface area contributed by atoms with Crippen LogP contribution >= 0.6 is 0 Å². The van der Waals surface area contributed by atoms with Gasteiger partial charge < -0.3 is 11.1 Å². The molecule has 0 bridgehead atoms. The number of amides is 1. The Morgan fingerprint density at radius 2 is 1.95 bits per heavy atom. The zero-order chi connectivity index (χ0) is 14.7. The van der Waals surface area contributed by atoms with Crippen molar-refractivity contribution in [2.24, 2.45) is 0 Å². The van der Waals surface area contributed by atoms with E-state index in [1.54, 1.807) is 6.07 Å². The van der Waals surface area contributed by atoms with Gasteiger partial charge in [0, 0.05) is 11.3 Å². The second-order valence-corrected chi connectivity index (χ2v) is 4.31. The van der Waals surface area contributed by atoms with E-state index >= 15 is 0 Å². The van der Waals surface area contributed by atoms with E-state index in [1.807, 2.05) is 19.1 Å². The minimum atomic E-state index is -0.955. The molecule has 0 radical (unpaired) electrons. The number of pyridine rings is 1. The molecule has 1 aromatic heterocycles. The Labute approximate surface area is 114 Å². The lowest BCUT2D eigenvalue weighted by atomic mass is 10.1. The van der Waals surface area contributed by atoms with Crippen molar-refractivity contribution >= 4 is 11.6 Å². The molecule has 1 amide bonds. The van der Waals surface area contributed by atoms with E-state index < -0.39 is 23.2 Å². The first-order valence-corrected chi connectivity index (χ1v) is 5.92. The number of aromatic nitrogens is 1. The number of hydrogen-bond donors (Lipinski definition) is 2. The first-order valence-electron chi connectivity index (χ1n) is 5.92. The van der Waals surface area contributed by atoms with Gasteiger partial charge in [-0.1, -0.05) is 6.07 Å². The van der Waals surface area contributed by atoms with Crippen LogP contribution in [-0.2, 0) is 6.54 Å². The lowest BCUT2D eigenvalue weighted by Gasteiger charge is -2.07. The monoisotopic (exact) mass is 277 g/mol. The van der Waals surface area contributed by atoms with E-state index in [1.165, 1.54) is 0 Å². The molecular formula is C14H13F2N3O. The Morgan fingerprint density at radius 1 is 1.30 bits per heavy atom. The summed E-state index contributed by atoms with van der Waals surface area (Å²) in [5, 5.41) is 2.54. The van der Waals surface area contributed by atoms with Gasteiger partial charge in [0.05, 0.1) is 12.2 Å². The Bertz CT molecular complexity index is 636. The molecule has 0 unspecified atom stereocenters. The molecule has 0 spiro atoms. The van der Waals surface area contributed by atoms with Gasteiger partial charge in [-0.2, -0.15) is 0 Å². The molecule has 2 rings (SSSR count). The van der Waals surface area contributed by atoms with Crippen LogP contribution in [0, 0.1) is 18.6 Å². The quantitative estimate of drug-likeness (QED) is 0.845. The van der Waals surface area contributed by atoms with Crippen LogP contribution in [0.1, 0.15) is 21.7 Å². The molecule has 0 aliphatic rings. The molecule has 6 heteroatoms. The summed E-state index contributed by atoms with van der Waals surface area (Å²) in [6.07, 6.45) is 0. The van der Waals surface area contributed by atoms with Crippen molar-refractivity contribution in [1.82, 2.24) is 10.3 Å². The SMILES string of the molecule is Cc1cccc(CNC(=O)c2cc(F)c(N)c(F)c2)n1. The van der Waals surface area contributed by atoms with Gasteiger partial charge in [-0.15, -0.1) is 0 Å². The fourth-order valence-electron chi connectivity index (χ4n) is 1.69. The average Bonchev–Trinajstić information content (AvgIpc) is 2.41. The highest BCUT2D eigenvalue weighted by molar-refractivity contribution is 5.94. The molecule has 1 heterocycles. The number of nitrogens with one attached hydrogen (secondary N) is 1. The number of carbonyl (C=O) groups excluding carboxylic acids is 1. The lowest BCUT2D eigenvalue weighted by Crippen LogP contribution is -2.23. The fourth-order valence-corrected chi connectivity index (χ4v) is 1.69. The van der Waals surface area contributed by atoms with Crippen molar-refractivity contribution in [2.45, 2.75) is 13.5 Å². The van der Waals surface area contributed by atoms with E-state index in [-0.39, 0.29) is 12.1 Å². The van der Waals surface area contributed by atoms with Crippen LogP contribution in [0.3, 0.4) is 0 Å². The third kappa shape index (κ3) is 3.09. The van der Waals surface area contributed by atoms with Crippen LogP contribution in [-0.4, -0.2) is 10.9 Å². The molecular weight excluding hydrogens is 264 g/mol. The van der Waals surface area contributed by atoms with Gasteiger partial charge in [0.15, 0.2) is 0 Å². The first kappa shape index (κ1) is 13.9. The molecule has 0 fully saturated rings. The van der Waals surface area contributed by atoms with Crippen LogP contribution in [0.25, 0.3) is 0 Å². The van der Waals surface area contributed by atoms with E-state index in [9.17, 15) is 13.6 Å². The van der Waals surface area contributed by atoms with E-state index in [2.05, 4.69) is 10.3 Å². The summed E-state index contributed by atoms with van der Waals surface area (Å²) in [6.45, 7) is 2.00. The van der Waals surface area contributed by atoms with Gasteiger partial charge in [0.25, 0.3) is 5.91 Å². The second-order valence-electron chi connectivity index (χ2n) is 4.31. The smallest absolute Gasteiger partial charge is 0.251 e. The summed E-state index contributed by atoms with van der Waals surface area (Å²) in [5.41, 5.74) is 5.90. The maximum absolute atomic E-state index is 13.3. The molecule has 20 heavy (non-hydrogen) atoms. The molecule has 2 aromatic rings. The second kappa shape index (κ2) is 5.64. The van der Waals surface area contributed by atoms with Gasteiger partial charge in [-0.05, 0) is 31.2 Å². The van der Waals surface area contributed by atoms with Crippen molar-refractivity contribution in [2.75, 3.05) is 5.73 Å². The Balaban J connectivity index is 2.09. The van der Waals surface area contributed by atoms with Crippen molar-refractivity contribution in [3.8, 4) is 0 Å². The Kier molecular flexibility index (Phi) is 3.93. The van der Waals surface area contributed by atoms with E-state index in [4.69, 9.17) is 5.73 Å². The molecule has 4 nitrogen and oxygen atoms in total. The van der Waals surface area contributed by atoms with Crippen LogP contribution in [0.2, 0.25) is 0 Å². The minimum absolute atomic E-state index is 0.123. The molecule has 1 aromatic carbocycles. The first-order chi connectivity index (χ1) is 9.47. The number of hydrogen-bond acceptors (Lipinski definition) is 3. The Morgan fingerprint density at radius 3 is 2.55 bits per heavy atom. The van der Waals surface area contributed by atoms with Crippen molar-refractivity contribution < 1.29 is 13.6 Å². The summed E-state index contributed by atoms with van der Waals surface area (Å²) >= 11 is 0. The molecule has 0 atom stereocenters. The number of anilines is 1. The number of halogens is 2. The van der Waals surface area contributed by atoms with Crippen LogP contribution in [0.15, 0.2) is 30.3 Å². The number of benzene rings is 1. The number of rotatable bonds is 3. The predicted octanol–water partition coefficient (Wildman–Crippen LogP) is 2.18. The maximum atomic E-state index is 13.3. The number of aryl methyl sites for hydroxylation is 1. The van der Waals surface area contributed by atoms with Crippen molar-refractivity contribution in [1.29, 1.82) is 0 Å². The summed E-state index contributed by atoms with van der Waals surface area (Å²) in [6, 6.07) is 7.19. The number of nitrogens with zero attached hydrogens (tertiary/aromatic N) is 1. The standard InChI is InChI=1S/C14H13F2N3O/c1-8-3-2-4-10(19-8)7-18-14(20)9-5-11(15)13(17)12(16)6-9/h2-6H,7,17H2,1H3,(H,18,20). The number of nitrogens with two attached hydrogens (primary N) is 1. The normalized spacial score (nSPS) is 10.3. The molecule has 0 aliphatic heterocycles. The Hall–Kier alpha value is -2.50. The van der Waals surface area contributed by atoms with Gasteiger partial charge >= 0.3 is 0 Å². The van der Waals surface area contributed by atoms with E-state index in [0.717, 1.165) is 17.8 Å². The van der Waals surface area contributed by atoms with Crippen LogP contribution in [0.4, 0.5) is 14.5 Å². The minimum Gasteiger partial charge on any atom is -0.394 e. The maximum Gasteiger partial charge on any atom is 0.251 e. The van der Waals surface area contributed by atoms with Crippen LogP contribution in [0.5, 0.6) is 0 Å². The van der Waals surface area contributed by atoms with Gasteiger partial charge in [-0.25, -0.2) is 8.78 Å². The zero-order valence-corrected chi connectivity index (χ0v) is 10.8. The third-order valence-corrected chi connectivity index (χ3v) is 2.72. The lowest BCUT2D eigenvalue weighted by molar-refractivity contribution is 0.0949. The van der Waals surface area contributed by atoms with Gasteiger partial charge in [-0.3, -0.25) is 9.78 Å². The van der Waals surface area contributed by atoms with Gasteiger partial charge in [0.1, 0.15) is 17.3 Å². The molecule has 0 aliphatic carbocycles. The van der Waals surface area contributed by atoms with Gasteiger partial charge in [0.2, 0.25) is 0 Å². The molecule has 0 saturated heterocycles. The zero-order valence-electron chi connectivity index (χ0n) is 10.8. The van der Waals surface area contributed by atoms with Crippen LogP contribution < -0.4 is 11.1 Å². The molecule has 3 N–H and O–H groups in total. The summed E-state index contributed by atoms with van der Waals surface area (Å²) in [7, 11) is 0. The highest BCUT2D eigenvalue weighted by Crippen LogP contribution is 2.17. The molecule has 104 valence electrons. The number of nitrogen functional groups attached to an aromatic ring is 1. The summed E-state index contributed by atoms with van der Waals surface area (Å²) in [5.74, 6) is -2.50. The highest BCUT2D eigenvalue weighted by Gasteiger charge is 2.13. The fraction of sp³-hybridized carbons (Fsp3) is 0.143. The van der Waals surface area contributed by atoms with E-state index in [0.29, 0.717) is 5.69 Å². The number of carbonyl (C=O) groups is 1. The predicted molar refractivity (Wildman–Crippen MR) is 70.9 cm³/mol. The van der Waals surface area contributed by atoms with Crippen molar-refractivity contribution in [3.63, 3.8) is 0 Å². The average molecular weight is 277 g/mol. The third-order valence-electron chi connectivity index (χ3n) is 2.72. The highest BCUT2D eigenvalue weighted by atomic mass is 19.1. The van der Waals surface area contributed by atoms with Crippen molar-refractivity contribution in [3.05, 3.63) is 58.9 Å². The molecule has 0 saturated carbocycles. The topological polar surface area (TPSA) is 68.0 Å².